The Hall–Kier alpha value is -2.70. The number of benzene rings is 2. The van der Waals surface area contributed by atoms with Gasteiger partial charge < -0.3 is 15.3 Å². The highest BCUT2D eigenvalue weighted by atomic mass is 32.2. The van der Waals surface area contributed by atoms with E-state index >= 15 is 0 Å². The van der Waals surface area contributed by atoms with Gasteiger partial charge in [-0.25, -0.2) is 4.79 Å². The van der Waals surface area contributed by atoms with Gasteiger partial charge in [0.25, 0.3) is 0 Å². The van der Waals surface area contributed by atoms with Crippen LogP contribution < -0.4 is 10.2 Å². The van der Waals surface area contributed by atoms with E-state index in [9.17, 15) is 18.4 Å². The summed E-state index contributed by atoms with van der Waals surface area (Å²) in [5, 5.41) is 20.1. The van der Waals surface area contributed by atoms with Gasteiger partial charge in [0.1, 0.15) is 0 Å². The Morgan fingerprint density at radius 3 is 2.79 bits per heavy atom. The van der Waals surface area contributed by atoms with E-state index in [2.05, 4.69) is 53.2 Å². The molecule has 0 radical (unpaired) electrons. The molecule has 3 aliphatic heterocycles. The first-order valence-corrected chi connectivity index (χ1v) is 11.9. The lowest BCUT2D eigenvalue weighted by Crippen LogP contribution is -2.44. The summed E-state index contributed by atoms with van der Waals surface area (Å²) in [6.45, 7) is 5.46. The highest BCUT2D eigenvalue weighted by Gasteiger charge is 2.42. The van der Waals surface area contributed by atoms with E-state index in [1.165, 1.54) is 46.7 Å². The molecule has 5 nitrogen and oxygen atoms in total. The fourth-order valence-corrected chi connectivity index (χ4v) is 5.92. The summed E-state index contributed by atoms with van der Waals surface area (Å²) in [6, 6.07) is 13.9. The van der Waals surface area contributed by atoms with Gasteiger partial charge in [0.05, 0.1) is 11.6 Å². The molecular weight excluding hydrogens is 451 g/mol. The molecule has 0 amide bonds. The van der Waals surface area contributed by atoms with Crippen LogP contribution in [0, 0.1) is 18.3 Å². The fraction of sp³-hybridized carbons (Fsp3) is 0.417. The summed E-state index contributed by atoms with van der Waals surface area (Å²) in [7, 11) is 0. The maximum atomic E-state index is 10.6. The number of rotatable bonds is 1. The highest BCUT2D eigenvalue weighted by Crippen LogP contribution is 2.49. The second kappa shape index (κ2) is 9.27. The van der Waals surface area contributed by atoms with Crippen molar-refractivity contribution < 1.29 is 23.1 Å². The first kappa shape index (κ1) is 23.5. The van der Waals surface area contributed by atoms with Gasteiger partial charge in [-0.3, -0.25) is 0 Å². The number of aliphatic carboxylic acids is 1. The number of carboxylic acids is 1. The first-order valence-electron chi connectivity index (χ1n) is 10.7. The third-order valence-corrected chi connectivity index (χ3v) is 7.48. The van der Waals surface area contributed by atoms with Gasteiger partial charge in [0.15, 0.2) is 0 Å². The predicted octanol–water partition coefficient (Wildman–Crippen LogP) is 4.68. The first-order chi connectivity index (χ1) is 15.7. The van der Waals surface area contributed by atoms with E-state index in [1.807, 2.05) is 12.1 Å². The van der Waals surface area contributed by atoms with Crippen LogP contribution in [0.3, 0.4) is 0 Å². The van der Waals surface area contributed by atoms with Crippen molar-refractivity contribution in [2.24, 2.45) is 0 Å². The lowest BCUT2D eigenvalue weighted by Gasteiger charge is -2.33. The number of nitrogens with one attached hydrogen (secondary N) is 1. The number of carbonyl (C=O) groups is 1. The van der Waals surface area contributed by atoms with Gasteiger partial charge in [-0.1, -0.05) is 12.1 Å². The Morgan fingerprint density at radius 1 is 1.33 bits per heavy atom. The molecule has 33 heavy (non-hydrogen) atoms. The Bertz CT molecular complexity index is 1110. The van der Waals surface area contributed by atoms with E-state index in [-0.39, 0.29) is 0 Å². The zero-order valence-electron chi connectivity index (χ0n) is 18.1. The van der Waals surface area contributed by atoms with Crippen molar-refractivity contribution in [1.29, 1.82) is 5.26 Å². The molecule has 5 rings (SSSR count). The second-order valence-corrected chi connectivity index (χ2v) is 9.48. The number of hydrogen-bond donors (Lipinski definition) is 2. The van der Waals surface area contributed by atoms with Gasteiger partial charge in [-0.15, -0.1) is 0 Å². The average Bonchev–Trinajstić information content (AvgIpc) is 2.94. The number of anilines is 1. The molecule has 3 heterocycles. The van der Waals surface area contributed by atoms with Crippen LogP contribution in [-0.2, 0) is 10.5 Å². The molecule has 2 aromatic carbocycles. The number of nitrogens with zero attached hydrogens (tertiary/aromatic N) is 2. The Labute approximate surface area is 194 Å². The summed E-state index contributed by atoms with van der Waals surface area (Å²) >= 11 is 2.05. The second-order valence-electron chi connectivity index (χ2n) is 8.38. The number of piperidine rings is 1. The third-order valence-electron chi connectivity index (χ3n) is 6.49. The van der Waals surface area contributed by atoms with Crippen molar-refractivity contribution in [3.63, 3.8) is 0 Å². The average molecular weight is 476 g/mol. The summed E-state index contributed by atoms with van der Waals surface area (Å²) in [5.74, 6) is 0.145. The molecule has 1 fully saturated rings. The molecule has 0 unspecified atom stereocenters. The van der Waals surface area contributed by atoms with E-state index in [4.69, 9.17) is 9.90 Å². The molecule has 2 atom stereocenters. The van der Waals surface area contributed by atoms with Gasteiger partial charge in [0.2, 0.25) is 0 Å². The van der Waals surface area contributed by atoms with Crippen LogP contribution in [0.25, 0.3) is 11.1 Å². The van der Waals surface area contributed by atoms with Gasteiger partial charge in [0, 0.05) is 42.2 Å². The van der Waals surface area contributed by atoms with Crippen LogP contribution in [0.15, 0.2) is 30.3 Å². The lowest BCUT2D eigenvalue weighted by atomic mass is 9.87. The van der Waals surface area contributed by atoms with E-state index in [0.29, 0.717) is 12.0 Å². The van der Waals surface area contributed by atoms with Crippen LogP contribution in [-0.4, -0.2) is 48.7 Å². The minimum Gasteiger partial charge on any atom is -0.475 e. The quantitative estimate of drug-likeness (QED) is 0.624. The smallest absolute Gasteiger partial charge is 0.475 e. The number of carboxylic acid groups (broad SMARTS) is 1. The molecule has 2 N–H and O–H groups in total. The van der Waals surface area contributed by atoms with Crippen molar-refractivity contribution >= 4 is 23.4 Å². The van der Waals surface area contributed by atoms with Crippen LogP contribution in [0.1, 0.15) is 34.6 Å². The van der Waals surface area contributed by atoms with E-state index in [0.717, 1.165) is 30.0 Å². The molecular formula is C24H24F3N3O2S. The number of hydrogen-bond acceptors (Lipinski definition) is 5. The molecule has 2 aromatic rings. The standard InChI is InChI=1S/C22H23N3S.C2HF3O2/c1-14-15(11-23)3-2-4-18(14)16-9-17-13-26-8-7-25-21-5-6-24-12-20(21)19(10-16)22(17)25;3-2(4,5)1(6)7/h2-4,9-10,20-21,24H,5-8,12-13H2,1H3;(H,6,7)/t20-,21-;/m0./s1. The minimum absolute atomic E-state index is 0.597. The number of fused-ring (bicyclic) bond motifs is 3. The number of nitriles is 1. The van der Waals surface area contributed by atoms with E-state index in [1.54, 1.807) is 0 Å². The minimum atomic E-state index is -5.08. The van der Waals surface area contributed by atoms with Crippen LogP contribution >= 0.6 is 11.8 Å². The zero-order valence-corrected chi connectivity index (χ0v) is 18.9. The van der Waals surface area contributed by atoms with Gasteiger partial charge in [-0.2, -0.15) is 30.2 Å². The summed E-state index contributed by atoms with van der Waals surface area (Å²) < 4.78 is 31.7. The molecule has 0 aliphatic carbocycles. The van der Waals surface area contributed by atoms with Crippen molar-refractivity contribution in [3.8, 4) is 17.2 Å². The molecule has 0 spiro atoms. The number of halogens is 3. The van der Waals surface area contributed by atoms with E-state index < -0.39 is 12.1 Å². The molecule has 0 bridgehead atoms. The normalized spacial score (nSPS) is 21.1. The number of alkyl halides is 3. The van der Waals surface area contributed by atoms with Crippen molar-refractivity contribution in [2.45, 2.75) is 37.2 Å². The van der Waals surface area contributed by atoms with Crippen molar-refractivity contribution in [3.05, 3.63) is 52.6 Å². The monoisotopic (exact) mass is 475 g/mol. The van der Waals surface area contributed by atoms with Crippen LogP contribution in [0.2, 0.25) is 0 Å². The molecule has 1 saturated heterocycles. The van der Waals surface area contributed by atoms with Crippen molar-refractivity contribution in [1.82, 2.24) is 5.32 Å². The maximum absolute atomic E-state index is 10.6. The lowest BCUT2D eigenvalue weighted by molar-refractivity contribution is -0.192. The maximum Gasteiger partial charge on any atom is 0.490 e. The zero-order chi connectivity index (χ0) is 23.8. The Morgan fingerprint density at radius 2 is 2.09 bits per heavy atom. The van der Waals surface area contributed by atoms with Gasteiger partial charge >= 0.3 is 12.1 Å². The third kappa shape index (κ3) is 4.55. The topological polar surface area (TPSA) is 76.4 Å². The molecule has 0 aromatic heterocycles. The SMILES string of the molecule is Cc1c(C#N)cccc1-c1cc2c3c(c1)[C@@H]1CNCC[C@@H]1N3CCSC2.O=C(O)C(F)(F)F. The van der Waals surface area contributed by atoms with Gasteiger partial charge in [-0.05, 0) is 65.9 Å². The van der Waals surface area contributed by atoms with Crippen LogP contribution in [0.4, 0.5) is 18.9 Å². The Kier molecular flexibility index (Phi) is 6.59. The van der Waals surface area contributed by atoms with Crippen molar-refractivity contribution in [2.75, 3.05) is 30.3 Å². The largest absolute Gasteiger partial charge is 0.490 e. The molecule has 3 aliphatic rings. The summed E-state index contributed by atoms with van der Waals surface area (Å²) in [5.41, 5.74) is 8.89. The molecule has 174 valence electrons. The molecule has 9 heteroatoms. The predicted molar refractivity (Wildman–Crippen MR) is 123 cm³/mol. The number of thioether (sulfide) groups is 1. The summed E-state index contributed by atoms with van der Waals surface area (Å²) in [6.07, 6.45) is -3.85. The summed E-state index contributed by atoms with van der Waals surface area (Å²) in [4.78, 5) is 11.6. The van der Waals surface area contributed by atoms with Crippen LogP contribution in [0.5, 0.6) is 0 Å². The molecule has 0 saturated carbocycles. The highest BCUT2D eigenvalue weighted by molar-refractivity contribution is 7.98. The Balaban J connectivity index is 0.000000325. The fourth-order valence-electron chi connectivity index (χ4n) is 5.01.